The van der Waals surface area contributed by atoms with Crippen molar-refractivity contribution in [3.8, 4) is 0 Å². The van der Waals surface area contributed by atoms with Gasteiger partial charge in [-0.3, -0.25) is 4.79 Å². The maximum Gasteiger partial charge on any atom is 0.407 e. The van der Waals surface area contributed by atoms with E-state index in [9.17, 15) is 14.4 Å². The molecule has 8 nitrogen and oxygen atoms in total. The van der Waals surface area contributed by atoms with Crippen molar-refractivity contribution in [1.82, 2.24) is 10.6 Å². The number of ketones is 1. The highest BCUT2D eigenvalue weighted by Crippen LogP contribution is 2.27. The quantitative estimate of drug-likeness (QED) is 0.0882. The number of aryl methyl sites for hydroxylation is 1. The molecule has 9 heteroatoms. The molecule has 1 aliphatic heterocycles. The van der Waals surface area contributed by atoms with E-state index in [1.807, 2.05) is 24.4 Å². The number of pyridine rings is 1. The highest BCUT2D eigenvalue weighted by atomic mass is 32.2. The van der Waals surface area contributed by atoms with Gasteiger partial charge in [0.15, 0.2) is 6.20 Å². The van der Waals surface area contributed by atoms with E-state index in [1.54, 1.807) is 6.92 Å². The molecule has 1 aromatic heterocycles. The Balaban J connectivity index is 1.42. The lowest BCUT2D eigenvalue weighted by atomic mass is 10.0. The summed E-state index contributed by atoms with van der Waals surface area (Å²) in [6.45, 7) is 6.45. The van der Waals surface area contributed by atoms with Gasteiger partial charge in [0.05, 0.1) is 0 Å². The van der Waals surface area contributed by atoms with Crippen LogP contribution in [0.2, 0.25) is 0 Å². The lowest BCUT2D eigenvalue weighted by Crippen LogP contribution is -2.41. The molecular weight excluding hydrogens is 574 g/mol. The average molecular weight is 635 g/mol. The number of carbonyl (C=O) groups is 3. The summed E-state index contributed by atoms with van der Waals surface area (Å²) in [5.41, 5.74) is 1.01. The van der Waals surface area contributed by atoms with Gasteiger partial charge in [-0.2, -0.15) is 0 Å². The fourth-order valence-electron chi connectivity index (χ4n) is 5.62. The summed E-state index contributed by atoms with van der Waals surface area (Å²) in [5, 5.41) is 5.83. The minimum absolute atomic E-state index is 0.0171. The molecule has 250 valence electrons. The number of ether oxygens (including phenoxy) is 2. The number of aromatic nitrogens is 1. The van der Waals surface area contributed by atoms with E-state index in [2.05, 4.69) is 22.1 Å². The SMILES string of the molecule is CC[n+]1ccccc1CNC(=O)OC[C@@H]1OCCC[C@@H]1SC(=O)NCCCCCCCCCCCCCCCCCC(C)=O. The molecule has 1 fully saturated rings. The summed E-state index contributed by atoms with van der Waals surface area (Å²) >= 11 is 1.28. The molecule has 0 aliphatic carbocycles. The molecule has 0 saturated carbocycles. The average Bonchev–Trinajstić information content (AvgIpc) is 3.02. The topological polar surface area (TPSA) is 97.6 Å². The van der Waals surface area contributed by atoms with E-state index < -0.39 is 6.09 Å². The van der Waals surface area contributed by atoms with Crippen LogP contribution in [-0.4, -0.2) is 48.2 Å². The van der Waals surface area contributed by atoms with E-state index >= 15 is 0 Å². The predicted molar refractivity (Wildman–Crippen MR) is 179 cm³/mol. The number of nitrogens with one attached hydrogen (secondary N) is 2. The maximum atomic E-state index is 12.6. The van der Waals surface area contributed by atoms with Crippen molar-refractivity contribution in [3.05, 3.63) is 30.1 Å². The van der Waals surface area contributed by atoms with Gasteiger partial charge in [-0.05, 0) is 39.5 Å². The Bertz CT molecular complexity index is 931. The molecule has 1 aliphatic rings. The van der Waals surface area contributed by atoms with Crippen LogP contribution in [0.15, 0.2) is 24.4 Å². The molecule has 0 aromatic carbocycles. The van der Waals surface area contributed by atoms with Crippen LogP contribution in [0.3, 0.4) is 0 Å². The number of thioether (sulfide) groups is 1. The molecule has 0 radical (unpaired) electrons. The summed E-state index contributed by atoms with van der Waals surface area (Å²) in [6, 6.07) is 5.90. The van der Waals surface area contributed by atoms with Crippen LogP contribution in [0.4, 0.5) is 9.59 Å². The fourth-order valence-corrected chi connectivity index (χ4v) is 6.68. The zero-order valence-corrected chi connectivity index (χ0v) is 28.4. The Kier molecular flexibility index (Phi) is 21.7. The maximum absolute atomic E-state index is 12.6. The number of carbonyl (C=O) groups excluding carboxylic acids is 3. The fraction of sp³-hybridized carbons (Fsp3) is 0.771. The molecule has 1 saturated heterocycles. The normalized spacial score (nSPS) is 16.4. The smallest absolute Gasteiger partial charge is 0.407 e. The minimum atomic E-state index is -0.473. The molecule has 0 bridgehead atoms. The van der Waals surface area contributed by atoms with Gasteiger partial charge in [-0.25, -0.2) is 9.36 Å². The third-order valence-corrected chi connectivity index (χ3v) is 9.48. The number of Topliss-reactive ketones (excluding diaryl/α,β-unsaturated/α-hetero) is 1. The number of rotatable bonds is 24. The highest BCUT2D eigenvalue weighted by Gasteiger charge is 2.30. The van der Waals surface area contributed by atoms with Gasteiger partial charge in [-0.15, -0.1) is 0 Å². The molecular formula is C35H60N3O5S+. The van der Waals surface area contributed by atoms with E-state index in [4.69, 9.17) is 9.47 Å². The predicted octanol–water partition coefficient (Wildman–Crippen LogP) is 8.04. The Morgan fingerprint density at radius 2 is 1.50 bits per heavy atom. The summed E-state index contributed by atoms with van der Waals surface area (Å²) in [6.07, 6.45) is 22.7. The van der Waals surface area contributed by atoms with Crippen molar-refractivity contribution in [2.24, 2.45) is 0 Å². The van der Waals surface area contributed by atoms with Gasteiger partial charge in [-0.1, -0.05) is 101 Å². The molecule has 2 heterocycles. The zero-order valence-electron chi connectivity index (χ0n) is 27.6. The van der Waals surface area contributed by atoms with Gasteiger partial charge in [0.2, 0.25) is 5.69 Å². The number of amides is 2. The van der Waals surface area contributed by atoms with Crippen LogP contribution in [0.25, 0.3) is 0 Å². The first-order valence-electron chi connectivity index (χ1n) is 17.4. The lowest BCUT2D eigenvalue weighted by molar-refractivity contribution is -0.701. The number of hydrogen-bond donors (Lipinski definition) is 2. The van der Waals surface area contributed by atoms with Crippen LogP contribution in [-0.2, 0) is 27.4 Å². The number of nitrogens with zero attached hydrogens (tertiary/aromatic N) is 1. The molecule has 2 N–H and O–H groups in total. The molecule has 2 atom stereocenters. The first kappa shape index (κ1) is 38.1. The minimum Gasteiger partial charge on any atom is -0.447 e. The molecule has 1 aromatic rings. The highest BCUT2D eigenvalue weighted by molar-refractivity contribution is 8.14. The van der Waals surface area contributed by atoms with Crippen molar-refractivity contribution >= 4 is 28.9 Å². The van der Waals surface area contributed by atoms with Gasteiger partial charge in [0.1, 0.15) is 31.6 Å². The van der Waals surface area contributed by atoms with E-state index in [1.165, 1.54) is 88.8 Å². The third-order valence-electron chi connectivity index (χ3n) is 8.28. The van der Waals surface area contributed by atoms with Crippen LogP contribution in [0.1, 0.15) is 135 Å². The molecule has 2 amide bonds. The summed E-state index contributed by atoms with van der Waals surface area (Å²) in [5.74, 6) is 0.320. The largest absolute Gasteiger partial charge is 0.447 e. The number of hydrogen-bond acceptors (Lipinski definition) is 6. The van der Waals surface area contributed by atoms with E-state index in [-0.39, 0.29) is 23.2 Å². The number of alkyl carbamates (subject to hydrolysis) is 1. The molecule has 0 spiro atoms. The number of unbranched alkanes of at least 4 members (excludes halogenated alkanes) is 14. The van der Waals surface area contributed by atoms with Crippen LogP contribution >= 0.6 is 11.8 Å². The second kappa shape index (κ2) is 25.1. The van der Waals surface area contributed by atoms with Crippen molar-refractivity contribution in [2.45, 2.75) is 154 Å². The van der Waals surface area contributed by atoms with Crippen molar-refractivity contribution in [3.63, 3.8) is 0 Å². The summed E-state index contributed by atoms with van der Waals surface area (Å²) in [4.78, 5) is 35.8. The van der Waals surface area contributed by atoms with Crippen molar-refractivity contribution in [1.29, 1.82) is 0 Å². The second-order valence-corrected chi connectivity index (χ2v) is 13.3. The van der Waals surface area contributed by atoms with Crippen LogP contribution < -0.4 is 15.2 Å². The van der Waals surface area contributed by atoms with Gasteiger partial charge in [0.25, 0.3) is 5.24 Å². The van der Waals surface area contributed by atoms with E-state index in [0.29, 0.717) is 25.5 Å². The van der Waals surface area contributed by atoms with Crippen LogP contribution in [0, 0.1) is 0 Å². The van der Waals surface area contributed by atoms with Gasteiger partial charge in [0, 0.05) is 37.0 Å². The van der Waals surface area contributed by atoms with Crippen molar-refractivity contribution in [2.75, 3.05) is 19.8 Å². The Morgan fingerprint density at radius 1 is 0.886 bits per heavy atom. The van der Waals surface area contributed by atoms with Crippen molar-refractivity contribution < 1.29 is 28.4 Å². The van der Waals surface area contributed by atoms with E-state index in [0.717, 1.165) is 50.8 Å². The van der Waals surface area contributed by atoms with Gasteiger partial charge >= 0.3 is 6.09 Å². The molecule has 2 rings (SSSR count). The monoisotopic (exact) mass is 634 g/mol. The first-order valence-corrected chi connectivity index (χ1v) is 18.3. The standard InChI is InChI=1S/C35H59N3O5S/c1-3-38-26-20-18-23-31(38)28-37-34(40)43-29-32-33(24-21-27-42-32)44-35(41)36-25-19-16-14-12-10-8-6-4-5-7-9-11-13-15-17-22-30(2)39/h18,20,23,26,32-33H,3-17,19,21-22,24-25,27-29H2,1-2H3,(H-,36,37,40,41)/p+1/t32-,33-/m0/s1. The van der Waals surface area contributed by atoms with Gasteiger partial charge < -0.3 is 24.9 Å². The summed E-state index contributed by atoms with van der Waals surface area (Å²) in [7, 11) is 0. The Hall–Kier alpha value is -2.13. The Labute approximate surface area is 271 Å². The first-order chi connectivity index (χ1) is 21.5. The third kappa shape index (κ3) is 18.6. The second-order valence-electron chi connectivity index (χ2n) is 12.1. The molecule has 0 unspecified atom stereocenters. The summed E-state index contributed by atoms with van der Waals surface area (Å²) < 4.78 is 13.4. The van der Waals surface area contributed by atoms with Crippen LogP contribution in [0.5, 0.6) is 0 Å². The Morgan fingerprint density at radius 3 is 2.11 bits per heavy atom. The lowest BCUT2D eigenvalue weighted by Gasteiger charge is -2.30. The molecule has 44 heavy (non-hydrogen) atoms. The zero-order chi connectivity index (χ0) is 31.7.